The fourth-order valence-electron chi connectivity index (χ4n) is 2.48. The Bertz CT molecular complexity index is 391. The van der Waals surface area contributed by atoms with Gasteiger partial charge in [0.15, 0.2) is 0 Å². The average molecular weight is 250 g/mol. The Balaban J connectivity index is 2.15. The fraction of sp³-hybridized carbons (Fsp3) is 0.786. The van der Waals surface area contributed by atoms with Crippen LogP contribution in [0, 0.1) is 5.41 Å². The van der Waals surface area contributed by atoms with Crippen LogP contribution in [0.2, 0.25) is 0 Å². The van der Waals surface area contributed by atoms with E-state index in [1.807, 2.05) is 10.9 Å². The lowest BCUT2D eigenvalue weighted by atomic mass is 9.85. The molecule has 2 heterocycles. The Hall–Kier alpha value is -1.03. The molecule has 2 atom stereocenters. The summed E-state index contributed by atoms with van der Waals surface area (Å²) in [5.41, 5.74) is 1.54. The molecule has 4 heteroatoms. The molecule has 1 aromatic heterocycles. The summed E-state index contributed by atoms with van der Waals surface area (Å²) in [5, 5.41) is 8.05. The van der Waals surface area contributed by atoms with Crippen LogP contribution in [-0.4, -0.2) is 35.0 Å². The summed E-state index contributed by atoms with van der Waals surface area (Å²) in [6.07, 6.45) is 4.15. The van der Waals surface area contributed by atoms with E-state index >= 15 is 0 Å². The van der Waals surface area contributed by atoms with Crippen molar-refractivity contribution in [1.29, 1.82) is 0 Å². The van der Waals surface area contributed by atoms with Gasteiger partial charge in [0, 0.05) is 37.9 Å². The van der Waals surface area contributed by atoms with Crippen LogP contribution in [-0.2, 0) is 6.54 Å². The zero-order valence-corrected chi connectivity index (χ0v) is 12.3. The highest BCUT2D eigenvalue weighted by molar-refractivity contribution is 5.44. The van der Waals surface area contributed by atoms with E-state index in [2.05, 4.69) is 56.1 Å². The van der Waals surface area contributed by atoms with Crippen LogP contribution < -0.4 is 10.2 Å². The molecular formula is C14H26N4. The molecule has 1 saturated heterocycles. The SMILES string of the molecule is CCn1cc(N2CC(C(C)(C)C)NCC2C)cn1. The molecule has 0 aliphatic carbocycles. The van der Waals surface area contributed by atoms with Crippen molar-refractivity contribution in [3.05, 3.63) is 12.4 Å². The summed E-state index contributed by atoms with van der Waals surface area (Å²) in [5.74, 6) is 0. The molecule has 1 aliphatic heterocycles. The standard InChI is InChI=1S/C14H26N4/c1-6-17-9-12(8-16-17)18-10-13(14(3,4)5)15-7-11(18)2/h8-9,11,13,15H,6-7,10H2,1-5H3. The monoisotopic (exact) mass is 250 g/mol. The van der Waals surface area contributed by atoms with Gasteiger partial charge in [0.05, 0.1) is 11.9 Å². The van der Waals surface area contributed by atoms with Gasteiger partial charge in [0.1, 0.15) is 0 Å². The molecule has 0 amide bonds. The van der Waals surface area contributed by atoms with Crippen molar-refractivity contribution in [2.24, 2.45) is 5.41 Å². The van der Waals surface area contributed by atoms with E-state index < -0.39 is 0 Å². The van der Waals surface area contributed by atoms with Gasteiger partial charge in [-0.15, -0.1) is 0 Å². The molecule has 18 heavy (non-hydrogen) atoms. The number of aryl methyl sites for hydroxylation is 1. The minimum atomic E-state index is 0.291. The van der Waals surface area contributed by atoms with Crippen LogP contribution in [0.3, 0.4) is 0 Å². The Morgan fingerprint density at radius 3 is 2.72 bits per heavy atom. The first-order valence-electron chi connectivity index (χ1n) is 6.94. The van der Waals surface area contributed by atoms with E-state index in [-0.39, 0.29) is 0 Å². The summed E-state index contributed by atoms with van der Waals surface area (Å²) < 4.78 is 2.00. The van der Waals surface area contributed by atoms with Crippen LogP contribution in [0.15, 0.2) is 12.4 Å². The van der Waals surface area contributed by atoms with Gasteiger partial charge in [-0.1, -0.05) is 20.8 Å². The number of rotatable bonds is 2. The number of hydrogen-bond acceptors (Lipinski definition) is 3. The predicted octanol–water partition coefficient (Wildman–Crippen LogP) is 2.12. The third kappa shape index (κ3) is 2.69. The molecule has 1 fully saturated rings. The van der Waals surface area contributed by atoms with Crippen molar-refractivity contribution in [1.82, 2.24) is 15.1 Å². The van der Waals surface area contributed by atoms with E-state index in [9.17, 15) is 0 Å². The lowest BCUT2D eigenvalue weighted by Gasteiger charge is -2.44. The number of piperazine rings is 1. The van der Waals surface area contributed by atoms with Crippen LogP contribution in [0.5, 0.6) is 0 Å². The first-order valence-corrected chi connectivity index (χ1v) is 6.94. The molecule has 102 valence electrons. The molecular weight excluding hydrogens is 224 g/mol. The molecule has 0 spiro atoms. The van der Waals surface area contributed by atoms with Crippen LogP contribution in [0.4, 0.5) is 5.69 Å². The van der Waals surface area contributed by atoms with Gasteiger partial charge in [-0.2, -0.15) is 5.10 Å². The van der Waals surface area contributed by atoms with E-state index in [0.29, 0.717) is 17.5 Å². The van der Waals surface area contributed by atoms with E-state index in [4.69, 9.17) is 0 Å². The van der Waals surface area contributed by atoms with Gasteiger partial charge in [0.2, 0.25) is 0 Å². The third-order valence-corrected chi connectivity index (χ3v) is 3.89. The smallest absolute Gasteiger partial charge is 0.0755 e. The molecule has 2 unspecified atom stereocenters. The van der Waals surface area contributed by atoms with Crippen molar-refractivity contribution >= 4 is 5.69 Å². The van der Waals surface area contributed by atoms with Gasteiger partial charge in [0.25, 0.3) is 0 Å². The highest BCUT2D eigenvalue weighted by atomic mass is 15.3. The second-order valence-electron chi connectivity index (χ2n) is 6.38. The third-order valence-electron chi connectivity index (χ3n) is 3.89. The van der Waals surface area contributed by atoms with Crippen LogP contribution in [0.1, 0.15) is 34.6 Å². The van der Waals surface area contributed by atoms with Crippen molar-refractivity contribution in [3.63, 3.8) is 0 Å². The first kappa shape index (κ1) is 13.4. The molecule has 0 bridgehead atoms. The molecule has 0 aromatic carbocycles. The number of anilines is 1. The average Bonchev–Trinajstić information content (AvgIpc) is 2.76. The molecule has 1 aromatic rings. The van der Waals surface area contributed by atoms with Crippen LogP contribution in [0.25, 0.3) is 0 Å². The Morgan fingerprint density at radius 1 is 1.44 bits per heavy atom. The summed E-state index contributed by atoms with van der Waals surface area (Å²) in [6.45, 7) is 14.3. The number of nitrogens with one attached hydrogen (secondary N) is 1. The topological polar surface area (TPSA) is 33.1 Å². The minimum absolute atomic E-state index is 0.291. The molecule has 1 N–H and O–H groups in total. The second-order valence-corrected chi connectivity index (χ2v) is 6.38. The highest BCUT2D eigenvalue weighted by Crippen LogP contribution is 2.26. The van der Waals surface area contributed by atoms with Crippen molar-refractivity contribution in [3.8, 4) is 0 Å². The molecule has 0 saturated carbocycles. The molecule has 2 rings (SSSR count). The Morgan fingerprint density at radius 2 is 2.17 bits per heavy atom. The second kappa shape index (κ2) is 4.92. The maximum atomic E-state index is 4.39. The quantitative estimate of drug-likeness (QED) is 0.873. The predicted molar refractivity (Wildman–Crippen MR) is 76.0 cm³/mol. The molecule has 4 nitrogen and oxygen atoms in total. The van der Waals surface area contributed by atoms with Gasteiger partial charge in [-0.3, -0.25) is 4.68 Å². The van der Waals surface area contributed by atoms with Crippen molar-refractivity contribution in [2.75, 3.05) is 18.0 Å². The fourth-order valence-corrected chi connectivity index (χ4v) is 2.48. The van der Waals surface area contributed by atoms with E-state index in [0.717, 1.165) is 19.6 Å². The molecule has 1 aliphatic rings. The zero-order chi connectivity index (χ0) is 13.3. The maximum absolute atomic E-state index is 4.39. The maximum Gasteiger partial charge on any atom is 0.0755 e. The number of aromatic nitrogens is 2. The summed E-state index contributed by atoms with van der Waals surface area (Å²) in [4.78, 5) is 2.48. The van der Waals surface area contributed by atoms with E-state index in [1.165, 1.54) is 5.69 Å². The largest absolute Gasteiger partial charge is 0.363 e. The number of nitrogens with zero attached hydrogens (tertiary/aromatic N) is 3. The zero-order valence-electron chi connectivity index (χ0n) is 12.3. The highest BCUT2D eigenvalue weighted by Gasteiger charge is 2.32. The summed E-state index contributed by atoms with van der Waals surface area (Å²) in [6, 6.07) is 1.05. The lowest BCUT2D eigenvalue weighted by molar-refractivity contribution is 0.239. The first-order chi connectivity index (χ1) is 8.41. The minimum Gasteiger partial charge on any atom is -0.363 e. The van der Waals surface area contributed by atoms with Crippen molar-refractivity contribution in [2.45, 2.75) is 53.2 Å². The Kier molecular flexibility index (Phi) is 3.66. The van der Waals surface area contributed by atoms with Gasteiger partial charge in [-0.25, -0.2) is 0 Å². The molecule has 0 radical (unpaired) electrons. The van der Waals surface area contributed by atoms with E-state index in [1.54, 1.807) is 0 Å². The number of hydrogen-bond donors (Lipinski definition) is 1. The van der Waals surface area contributed by atoms with Crippen molar-refractivity contribution < 1.29 is 0 Å². The lowest BCUT2D eigenvalue weighted by Crippen LogP contribution is -2.59. The summed E-state index contributed by atoms with van der Waals surface area (Å²) in [7, 11) is 0. The van der Waals surface area contributed by atoms with Gasteiger partial charge in [-0.05, 0) is 19.3 Å². The summed E-state index contributed by atoms with van der Waals surface area (Å²) >= 11 is 0. The normalized spacial score (nSPS) is 25.5. The van der Waals surface area contributed by atoms with Gasteiger partial charge >= 0.3 is 0 Å². The Labute approximate surface area is 110 Å². The van der Waals surface area contributed by atoms with Gasteiger partial charge < -0.3 is 10.2 Å². The van der Waals surface area contributed by atoms with Crippen LogP contribution >= 0.6 is 0 Å².